The minimum absolute atomic E-state index is 0.138. The molecule has 2 aromatic rings. The minimum Gasteiger partial charge on any atom is -0.484 e. The summed E-state index contributed by atoms with van der Waals surface area (Å²) in [5, 5.41) is 4.09. The number of hydrazine groups is 1. The SMILES string of the molecule is CCc1cccc(C)c1NC(=S)NNC(=O)COc1ccc(Cl)c(C)c1. The molecule has 0 atom stereocenters. The standard InChI is InChI=1S/C19H22ClN3O2S/c1-4-14-7-5-6-12(2)18(14)21-19(26)23-22-17(24)11-25-15-8-9-16(20)13(3)10-15/h5-10H,4,11H2,1-3H3,(H,22,24)(H2,21,23,26). The van der Waals surface area contributed by atoms with Crippen molar-refractivity contribution in [2.24, 2.45) is 0 Å². The van der Waals surface area contributed by atoms with E-state index in [0.717, 1.165) is 28.8 Å². The number of carbonyl (C=O) groups is 1. The monoisotopic (exact) mass is 391 g/mol. The van der Waals surface area contributed by atoms with Gasteiger partial charge in [-0.25, -0.2) is 0 Å². The molecule has 7 heteroatoms. The highest BCUT2D eigenvalue weighted by Crippen LogP contribution is 2.21. The summed E-state index contributed by atoms with van der Waals surface area (Å²) in [6, 6.07) is 11.3. The van der Waals surface area contributed by atoms with Crippen molar-refractivity contribution in [1.29, 1.82) is 0 Å². The Bertz CT molecular complexity index is 811. The van der Waals surface area contributed by atoms with Gasteiger partial charge in [-0.2, -0.15) is 0 Å². The minimum atomic E-state index is -0.345. The second-order valence-electron chi connectivity index (χ2n) is 5.79. The Hall–Kier alpha value is -2.31. The number of hydrogen-bond donors (Lipinski definition) is 3. The molecule has 5 nitrogen and oxygen atoms in total. The number of anilines is 1. The normalized spacial score (nSPS) is 10.2. The topological polar surface area (TPSA) is 62.4 Å². The Morgan fingerprint density at radius 1 is 1.15 bits per heavy atom. The van der Waals surface area contributed by atoms with Crippen molar-refractivity contribution in [2.45, 2.75) is 27.2 Å². The number of nitrogens with one attached hydrogen (secondary N) is 3. The van der Waals surface area contributed by atoms with Gasteiger partial charge in [0, 0.05) is 10.7 Å². The summed E-state index contributed by atoms with van der Waals surface area (Å²) in [6.07, 6.45) is 0.882. The van der Waals surface area contributed by atoms with E-state index in [2.05, 4.69) is 23.1 Å². The van der Waals surface area contributed by atoms with Gasteiger partial charge in [0.1, 0.15) is 5.75 Å². The summed E-state index contributed by atoms with van der Waals surface area (Å²) in [5.41, 5.74) is 9.28. The van der Waals surface area contributed by atoms with Crippen molar-refractivity contribution in [3.63, 3.8) is 0 Å². The summed E-state index contributed by atoms with van der Waals surface area (Å²) in [6.45, 7) is 5.82. The highest BCUT2D eigenvalue weighted by Gasteiger charge is 2.08. The number of ether oxygens (including phenoxy) is 1. The zero-order valence-corrected chi connectivity index (χ0v) is 16.6. The van der Waals surface area contributed by atoms with Gasteiger partial charge in [0.15, 0.2) is 11.7 Å². The van der Waals surface area contributed by atoms with Gasteiger partial charge in [0.25, 0.3) is 5.91 Å². The van der Waals surface area contributed by atoms with E-state index in [1.54, 1.807) is 18.2 Å². The molecule has 3 N–H and O–H groups in total. The van der Waals surface area contributed by atoms with Crippen LogP contribution < -0.4 is 20.9 Å². The lowest BCUT2D eigenvalue weighted by atomic mass is 10.1. The molecule has 26 heavy (non-hydrogen) atoms. The van der Waals surface area contributed by atoms with Crippen LogP contribution in [-0.4, -0.2) is 17.6 Å². The lowest BCUT2D eigenvalue weighted by Crippen LogP contribution is -2.45. The van der Waals surface area contributed by atoms with Gasteiger partial charge in [-0.3, -0.25) is 15.6 Å². The zero-order valence-electron chi connectivity index (χ0n) is 15.0. The molecule has 0 fully saturated rings. The van der Waals surface area contributed by atoms with Crippen LogP contribution in [0.5, 0.6) is 5.75 Å². The first kappa shape index (κ1) is 20.0. The number of carbonyl (C=O) groups excluding carboxylic acids is 1. The fourth-order valence-corrected chi connectivity index (χ4v) is 2.64. The highest BCUT2D eigenvalue weighted by molar-refractivity contribution is 7.80. The van der Waals surface area contributed by atoms with Crippen LogP contribution >= 0.6 is 23.8 Å². The first-order chi connectivity index (χ1) is 12.4. The average molecular weight is 392 g/mol. The first-order valence-corrected chi connectivity index (χ1v) is 9.02. The molecule has 0 aromatic heterocycles. The molecule has 0 unspecified atom stereocenters. The molecule has 1 amide bonds. The fourth-order valence-electron chi connectivity index (χ4n) is 2.37. The van der Waals surface area contributed by atoms with Crippen LogP contribution in [0.25, 0.3) is 0 Å². The number of para-hydroxylation sites is 1. The van der Waals surface area contributed by atoms with Gasteiger partial charge < -0.3 is 10.1 Å². The van der Waals surface area contributed by atoms with Crippen LogP contribution in [-0.2, 0) is 11.2 Å². The molecule has 0 aliphatic heterocycles. The third kappa shape index (κ3) is 5.61. The second-order valence-corrected chi connectivity index (χ2v) is 6.61. The lowest BCUT2D eigenvalue weighted by Gasteiger charge is -2.16. The van der Waals surface area contributed by atoms with E-state index in [0.29, 0.717) is 15.9 Å². The summed E-state index contributed by atoms with van der Waals surface area (Å²) < 4.78 is 5.44. The predicted molar refractivity (Wildman–Crippen MR) is 110 cm³/mol. The van der Waals surface area contributed by atoms with Crippen LogP contribution in [0.1, 0.15) is 23.6 Å². The third-order valence-corrected chi connectivity index (χ3v) is 4.42. The Labute approximate surface area is 164 Å². The molecule has 0 aliphatic rings. The number of rotatable bonds is 5. The molecule has 0 heterocycles. The maximum Gasteiger partial charge on any atom is 0.276 e. The van der Waals surface area contributed by atoms with E-state index in [1.165, 1.54) is 0 Å². The van der Waals surface area contributed by atoms with Crippen molar-refractivity contribution in [3.8, 4) is 5.75 Å². The van der Waals surface area contributed by atoms with Crippen LogP contribution in [0.2, 0.25) is 5.02 Å². The van der Waals surface area contributed by atoms with Gasteiger partial charge >= 0.3 is 0 Å². The van der Waals surface area contributed by atoms with E-state index >= 15 is 0 Å². The highest BCUT2D eigenvalue weighted by atomic mass is 35.5. The molecule has 0 radical (unpaired) electrons. The fraction of sp³-hybridized carbons (Fsp3) is 0.263. The first-order valence-electron chi connectivity index (χ1n) is 8.24. The second kappa shape index (κ2) is 9.40. The molecular weight excluding hydrogens is 370 g/mol. The number of hydrogen-bond acceptors (Lipinski definition) is 3. The summed E-state index contributed by atoms with van der Waals surface area (Å²) in [7, 11) is 0. The van der Waals surface area contributed by atoms with Gasteiger partial charge in [-0.15, -0.1) is 0 Å². The average Bonchev–Trinajstić information content (AvgIpc) is 2.62. The summed E-state index contributed by atoms with van der Waals surface area (Å²) >= 11 is 11.2. The molecule has 0 aliphatic carbocycles. The predicted octanol–water partition coefficient (Wildman–Crippen LogP) is 3.92. The van der Waals surface area contributed by atoms with Gasteiger partial charge in [-0.1, -0.05) is 36.7 Å². The number of thiocarbonyl (C=S) groups is 1. The molecule has 2 rings (SSSR count). The van der Waals surface area contributed by atoms with E-state index in [1.807, 2.05) is 32.0 Å². The molecule has 138 valence electrons. The third-order valence-electron chi connectivity index (χ3n) is 3.79. The van der Waals surface area contributed by atoms with Crippen molar-refractivity contribution < 1.29 is 9.53 Å². The number of halogens is 1. The molecule has 0 bridgehead atoms. The summed E-state index contributed by atoms with van der Waals surface area (Å²) in [4.78, 5) is 11.9. The zero-order chi connectivity index (χ0) is 19.1. The maximum atomic E-state index is 11.9. The van der Waals surface area contributed by atoms with E-state index < -0.39 is 0 Å². The van der Waals surface area contributed by atoms with Crippen molar-refractivity contribution in [1.82, 2.24) is 10.9 Å². The van der Waals surface area contributed by atoms with Crippen molar-refractivity contribution in [2.75, 3.05) is 11.9 Å². The Kier molecular flexibility index (Phi) is 7.24. The number of benzene rings is 2. The van der Waals surface area contributed by atoms with Crippen molar-refractivity contribution in [3.05, 3.63) is 58.1 Å². The van der Waals surface area contributed by atoms with Crippen LogP contribution in [0.15, 0.2) is 36.4 Å². The Balaban J connectivity index is 1.82. The van der Waals surface area contributed by atoms with E-state index in [9.17, 15) is 4.79 Å². The Morgan fingerprint density at radius 3 is 2.62 bits per heavy atom. The Morgan fingerprint density at radius 2 is 1.92 bits per heavy atom. The molecule has 0 spiro atoms. The van der Waals surface area contributed by atoms with Crippen molar-refractivity contribution >= 4 is 40.5 Å². The number of amides is 1. The quantitative estimate of drug-likeness (QED) is 0.532. The lowest BCUT2D eigenvalue weighted by molar-refractivity contribution is -0.123. The number of aryl methyl sites for hydroxylation is 3. The molecule has 0 saturated heterocycles. The van der Waals surface area contributed by atoms with Gasteiger partial charge in [-0.05, 0) is 67.4 Å². The van der Waals surface area contributed by atoms with Gasteiger partial charge in [0.2, 0.25) is 0 Å². The molecule has 0 saturated carbocycles. The maximum absolute atomic E-state index is 11.9. The van der Waals surface area contributed by atoms with E-state index in [4.69, 9.17) is 28.6 Å². The smallest absolute Gasteiger partial charge is 0.276 e. The van der Waals surface area contributed by atoms with Gasteiger partial charge in [0.05, 0.1) is 0 Å². The van der Waals surface area contributed by atoms with Crippen LogP contribution in [0.3, 0.4) is 0 Å². The van der Waals surface area contributed by atoms with Crippen LogP contribution in [0, 0.1) is 13.8 Å². The largest absolute Gasteiger partial charge is 0.484 e. The molecular formula is C19H22ClN3O2S. The summed E-state index contributed by atoms with van der Waals surface area (Å²) in [5.74, 6) is 0.234. The van der Waals surface area contributed by atoms with Crippen LogP contribution in [0.4, 0.5) is 5.69 Å². The van der Waals surface area contributed by atoms with E-state index in [-0.39, 0.29) is 12.5 Å². The molecule has 2 aromatic carbocycles.